The number of carbonyl (C=O) groups excluding carboxylic acids is 1. The van der Waals surface area contributed by atoms with E-state index in [4.69, 9.17) is 4.74 Å². The number of nitrogens with one attached hydrogen (secondary N) is 1. The van der Waals surface area contributed by atoms with Crippen molar-refractivity contribution in [1.82, 2.24) is 9.55 Å². The lowest BCUT2D eigenvalue weighted by Crippen LogP contribution is -2.15. The monoisotopic (exact) mass is 373 g/mol. The van der Waals surface area contributed by atoms with Crippen LogP contribution in [0.4, 0.5) is 14.5 Å². The van der Waals surface area contributed by atoms with Crippen LogP contribution in [0.15, 0.2) is 67.3 Å². The van der Waals surface area contributed by atoms with E-state index >= 15 is 0 Å². The Morgan fingerprint density at radius 1 is 1.19 bits per heavy atom. The molecule has 27 heavy (non-hydrogen) atoms. The van der Waals surface area contributed by atoms with Crippen molar-refractivity contribution in [3.8, 4) is 11.5 Å². The predicted octanol–water partition coefficient (Wildman–Crippen LogP) is 3.82. The van der Waals surface area contributed by atoms with Gasteiger partial charge in [0.1, 0.15) is 18.1 Å². The van der Waals surface area contributed by atoms with Crippen molar-refractivity contribution in [3.63, 3.8) is 0 Å². The summed E-state index contributed by atoms with van der Waals surface area (Å²) < 4.78 is 36.9. The molecule has 0 aliphatic carbocycles. The second-order valence-corrected chi connectivity index (χ2v) is 5.51. The summed E-state index contributed by atoms with van der Waals surface area (Å²) in [6.45, 7) is -1.94. The van der Waals surface area contributed by atoms with Crippen molar-refractivity contribution >= 4 is 11.6 Å². The average molecular weight is 373 g/mol. The first-order valence-electron chi connectivity index (χ1n) is 8.15. The van der Waals surface area contributed by atoms with Gasteiger partial charge >= 0.3 is 6.61 Å². The molecule has 0 spiro atoms. The minimum absolute atomic E-state index is 0.0178. The van der Waals surface area contributed by atoms with Crippen molar-refractivity contribution in [2.45, 2.75) is 13.2 Å². The van der Waals surface area contributed by atoms with Crippen LogP contribution >= 0.6 is 0 Å². The second-order valence-electron chi connectivity index (χ2n) is 5.51. The molecule has 3 rings (SSSR count). The van der Waals surface area contributed by atoms with E-state index in [-0.39, 0.29) is 11.3 Å². The minimum atomic E-state index is -3.01. The lowest BCUT2D eigenvalue weighted by Gasteiger charge is -2.12. The number of alkyl halides is 2. The Hall–Kier alpha value is -3.42. The third-order valence-corrected chi connectivity index (χ3v) is 3.62. The standard InChI is InChI=1S/C19H17F2N3O3/c20-19(21)27-17-7-2-1-6-16(17)18(25)23-14-4-3-5-15(12-14)26-11-10-24-9-8-22-13-24/h1-9,12-13,19H,10-11H2,(H,23,25). The van der Waals surface area contributed by atoms with Gasteiger partial charge in [-0.05, 0) is 24.3 Å². The fraction of sp³-hybridized carbons (Fsp3) is 0.158. The van der Waals surface area contributed by atoms with E-state index in [1.165, 1.54) is 18.2 Å². The number of benzene rings is 2. The zero-order chi connectivity index (χ0) is 19.1. The number of para-hydroxylation sites is 1. The molecular weight excluding hydrogens is 356 g/mol. The van der Waals surface area contributed by atoms with Crippen LogP contribution in [0.1, 0.15) is 10.4 Å². The van der Waals surface area contributed by atoms with E-state index in [1.807, 2.05) is 10.8 Å². The molecule has 0 fully saturated rings. The highest BCUT2D eigenvalue weighted by molar-refractivity contribution is 6.06. The molecule has 0 unspecified atom stereocenters. The van der Waals surface area contributed by atoms with Gasteiger partial charge in [-0.3, -0.25) is 4.79 Å². The molecule has 0 saturated heterocycles. The molecular formula is C19H17F2N3O3. The van der Waals surface area contributed by atoms with Gasteiger partial charge in [-0.1, -0.05) is 18.2 Å². The predicted molar refractivity (Wildman–Crippen MR) is 95.2 cm³/mol. The lowest BCUT2D eigenvalue weighted by molar-refractivity contribution is -0.0501. The van der Waals surface area contributed by atoms with Crippen LogP contribution in [0.2, 0.25) is 0 Å². The molecule has 1 amide bonds. The Kier molecular flexibility index (Phi) is 5.98. The molecule has 0 aliphatic heterocycles. The van der Waals surface area contributed by atoms with Gasteiger partial charge in [0.25, 0.3) is 5.91 Å². The molecule has 1 aromatic heterocycles. The molecule has 140 valence electrons. The molecule has 0 aliphatic rings. The average Bonchev–Trinajstić information content (AvgIpc) is 3.15. The van der Waals surface area contributed by atoms with Crippen LogP contribution in [-0.2, 0) is 6.54 Å². The van der Waals surface area contributed by atoms with Crippen LogP contribution in [0.3, 0.4) is 0 Å². The summed E-state index contributed by atoms with van der Waals surface area (Å²) in [6.07, 6.45) is 5.21. The highest BCUT2D eigenvalue weighted by atomic mass is 19.3. The molecule has 8 heteroatoms. The van der Waals surface area contributed by atoms with Gasteiger partial charge in [0.05, 0.1) is 18.4 Å². The number of halogens is 2. The maximum atomic E-state index is 12.5. The van der Waals surface area contributed by atoms with Crippen LogP contribution < -0.4 is 14.8 Å². The molecule has 6 nitrogen and oxygen atoms in total. The van der Waals surface area contributed by atoms with Crippen LogP contribution in [0, 0.1) is 0 Å². The first-order chi connectivity index (χ1) is 13.1. The number of rotatable bonds is 8. The summed E-state index contributed by atoms with van der Waals surface area (Å²) in [5, 5.41) is 2.66. The largest absolute Gasteiger partial charge is 0.492 e. The van der Waals surface area contributed by atoms with E-state index in [0.29, 0.717) is 24.6 Å². The first kappa shape index (κ1) is 18.4. The lowest BCUT2D eigenvalue weighted by atomic mass is 10.2. The van der Waals surface area contributed by atoms with Gasteiger partial charge in [-0.25, -0.2) is 4.98 Å². The SMILES string of the molecule is O=C(Nc1cccc(OCCn2ccnc2)c1)c1ccccc1OC(F)F. The highest BCUT2D eigenvalue weighted by Crippen LogP contribution is 2.23. The first-order valence-corrected chi connectivity index (χ1v) is 8.15. The maximum absolute atomic E-state index is 12.5. The number of carbonyl (C=O) groups is 1. The second kappa shape index (κ2) is 8.79. The number of amides is 1. The quantitative estimate of drug-likeness (QED) is 0.652. The number of hydrogen-bond donors (Lipinski definition) is 1. The Morgan fingerprint density at radius 2 is 2.04 bits per heavy atom. The van der Waals surface area contributed by atoms with Crippen molar-refractivity contribution in [2.24, 2.45) is 0 Å². The topological polar surface area (TPSA) is 65.4 Å². The third-order valence-electron chi connectivity index (χ3n) is 3.62. The van der Waals surface area contributed by atoms with Crippen molar-refractivity contribution in [2.75, 3.05) is 11.9 Å². The van der Waals surface area contributed by atoms with Crippen LogP contribution in [0.5, 0.6) is 11.5 Å². The summed E-state index contributed by atoms with van der Waals surface area (Å²) >= 11 is 0. The van der Waals surface area contributed by atoms with Crippen LogP contribution in [-0.4, -0.2) is 28.7 Å². The molecule has 3 aromatic rings. The number of aromatic nitrogens is 2. The Bertz CT molecular complexity index is 885. The zero-order valence-electron chi connectivity index (χ0n) is 14.2. The molecule has 1 heterocycles. The van der Waals surface area contributed by atoms with Gasteiger partial charge in [0.15, 0.2) is 0 Å². The van der Waals surface area contributed by atoms with Gasteiger partial charge < -0.3 is 19.4 Å². The summed E-state index contributed by atoms with van der Waals surface area (Å²) in [4.78, 5) is 16.4. The van der Waals surface area contributed by atoms with Crippen molar-refractivity contribution in [1.29, 1.82) is 0 Å². The molecule has 2 aromatic carbocycles. The Morgan fingerprint density at radius 3 is 2.81 bits per heavy atom. The van der Waals surface area contributed by atoms with E-state index in [9.17, 15) is 13.6 Å². The Labute approximate surface area is 154 Å². The fourth-order valence-electron chi connectivity index (χ4n) is 2.40. The molecule has 0 atom stereocenters. The van der Waals surface area contributed by atoms with Gasteiger partial charge in [0, 0.05) is 24.1 Å². The number of anilines is 1. The molecule has 1 N–H and O–H groups in total. The number of nitrogens with zero attached hydrogens (tertiary/aromatic N) is 2. The normalized spacial score (nSPS) is 10.6. The Balaban J connectivity index is 1.63. The highest BCUT2D eigenvalue weighted by Gasteiger charge is 2.15. The van der Waals surface area contributed by atoms with Gasteiger partial charge in [-0.15, -0.1) is 0 Å². The summed E-state index contributed by atoms with van der Waals surface area (Å²) in [7, 11) is 0. The van der Waals surface area contributed by atoms with Crippen molar-refractivity contribution in [3.05, 3.63) is 72.8 Å². The molecule has 0 bridgehead atoms. The maximum Gasteiger partial charge on any atom is 0.387 e. The van der Waals surface area contributed by atoms with E-state index in [0.717, 1.165) is 0 Å². The summed E-state index contributed by atoms with van der Waals surface area (Å²) in [5.74, 6) is -0.162. The van der Waals surface area contributed by atoms with Crippen molar-refractivity contribution < 1.29 is 23.0 Å². The van der Waals surface area contributed by atoms with Gasteiger partial charge in [0.2, 0.25) is 0 Å². The number of hydrogen-bond acceptors (Lipinski definition) is 4. The van der Waals surface area contributed by atoms with Gasteiger partial charge in [-0.2, -0.15) is 8.78 Å². The summed E-state index contributed by atoms with van der Waals surface area (Å²) in [5.41, 5.74) is 0.496. The van der Waals surface area contributed by atoms with Crippen LogP contribution in [0.25, 0.3) is 0 Å². The molecule has 0 saturated carbocycles. The van der Waals surface area contributed by atoms with E-state index in [2.05, 4.69) is 15.0 Å². The third kappa shape index (κ3) is 5.27. The number of imidazole rings is 1. The minimum Gasteiger partial charge on any atom is -0.492 e. The zero-order valence-corrected chi connectivity index (χ0v) is 14.2. The van der Waals surface area contributed by atoms with E-state index < -0.39 is 12.5 Å². The fourth-order valence-corrected chi connectivity index (χ4v) is 2.40. The smallest absolute Gasteiger partial charge is 0.387 e. The number of ether oxygens (including phenoxy) is 2. The summed E-state index contributed by atoms with van der Waals surface area (Å²) in [6, 6.07) is 12.6. The van der Waals surface area contributed by atoms with E-state index in [1.54, 1.807) is 42.9 Å². The molecule has 0 radical (unpaired) electrons.